The highest BCUT2D eigenvalue weighted by Crippen LogP contribution is 2.18. The van der Waals surface area contributed by atoms with Gasteiger partial charge in [-0.3, -0.25) is 28.8 Å². The van der Waals surface area contributed by atoms with Crippen molar-refractivity contribution in [3.63, 3.8) is 0 Å². The molecule has 14 nitrogen and oxygen atoms in total. The second-order valence-electron chi connectivity index (χ2n) is 13.6. The molecule has 3 heterocycles. The van der Waals surface area contributed by atoms with Gasteiger partial charge in [0.15, 0.2) is 0 Å². The van der Waals surface area contributed by atoms with E-state index in [4.69, 9.17) is 28.7 Å². The molecular formula is C40H58N6O8. The minimum atomic E-state index is -0.332. The third kappa shape index (κ3) is 11.9. The highest BCUT2D eigenvalue weighted by atomic mass is 16.5. The largest absolute Gasteiger partial charge is 0.378 e. The number of anilines is 1. The summed E-state index contributed by atoms with van der Waals surface area (Å²) in [4.78, 5) is 51.7. The predicted octanol–water partition coefficient (Wildman–Crippen LogP) is 2.73. The summed E-state index contributed by atoms with van der Waals surface area (Å²) in [7, 11) is 0. The average molecular weight is 751 g/mol. The van der Waals surface area contributed by atoms with Crippen molar-refractivity contribution in [1.82, 2.24) is 24.3 Å². The summed E-state index contributed by atoms with van der Waals surface area (Å²) in [5.74, 6) is 0.359. The highest BCUT2D eigenvalue weighted by Gasteiger charge is 2.25. The van der Waals surface area contributed by atoms with Crippen molar-refractivity contribution in [2.75, 3.05) is 111 Å². The van der Waals surface area contributed by atoms with Crippen LogP contribution in [0.15, 0.2) is 47.3 Å². The van der Waals surface area contributed by atoms with Crippen LogP contribution in [0, 0.1) is 6.92 Å². The van der Waals surface area contributed by atoms with E-state index in [-0.39, 0.29) is 30.0 Å². The molecule has 1 atom stereocenters. The van der Waals surface area contributed by atoms with E-state index < -0.39 is 0 Å². The first-order valence-corrected chi connectivity index (χ1v) is 19.4. The summed E-state index contributed by atoms with van der Waals surface area (Å²) in [6.07, 6.45) is 1.49. The number of nitrogens with zero attached hydrogens (tertiary/aromatic N) is 5. The lowest BCUT2D eigenvalue weighted by atomic mass is 10.1. The van der Waals surface area contributed by atoms with Gasteiger partial charge < -0.3 is 33.9 Å². The Bertz CT molecular complexity index is 1680. The molecule has 0 spiro atoms. The fraction of sp³-hybridized carbons (Fsp3) is 0.600. The van der Waals surface area contributed by atoms with Crippen LogP contribution in [-0.2, 0) is 52.8 Å². The number of benzene rings is 2. The first kappa shape index (κ1) is 41.4. The Balaban J connectivity index is 1.21. The van der Waals surface area contributed by atoms with Gasteiger partial charge in [0.25, 0.3) is 5.56 Å². The van der Waals surface area contributed by atoms with Crippen LogP contribution in [0.5, 0.6) is 0 Å². The first-order chi connectivity index (χ1) is 26.4. The van der Waals surface area contributed by atoms with Gasteiger partial charge in [0, 0.05) is 45.0 Å². The SMILES string of the molecule is CCc1ccccc1NC(=O)C(CC)N1CCOCCOCCN(Cc2nc3c(C)cccc3c(=O)n2CC(=O)N2CCOCC2)CCOCCOCC1. The van der Waals surface area contributed by atoms with E-state index in [1.54, 1.807) is 11.0 Å². The van der Waals surface area contributed by atoms with Gasteiger partial charge in [-0.1, -0.05) is 44.2 Å². The van der Waals surface area contributed by atoms with Crippen LogP contribution in [-0.4, -0.2) is 147 Å². The smallest absolute Gasteiger partial charge is 0.261 e. The molecule has 0 saturated carbocycles. The van der Waals surface area contributed by atoms with E-state index in [0.717, 1.165) is 23.2 Å². The predicted molar refractivity (Wildman–Crippen MR) is 207 cm³/mol. The van der Waals surface area contributed by atoms with Gasteiger partial charge in [-0.05, 0) is 43.0 Å². The molecule has 2 aromatic carbocycles. The zero-order valence-electron chi connectivity index (χ0n) is 32.3. The lowest BCUT2D eigenvalue weighted by molar-refractivity contribution is -0.136. The van der Waals surface area contributed by atoms with Crippen molar-refractivity contribution >= 4 is 28.4 Å². The molecule has 2 fully saturated rings. The number of carbonyl (C=O) groups is 2. The van der Waals surface area contributed by atoms with Crippen LogP contribution < -0.4 is 10.9 Å². The van der Waals surface area contributed by atoms with Crippen LogP contribution >= 0.6 is 0 Å². The summed E-state index contributed by atoms with van der Waals surface area (Å²) in [5.41, 5.74) is 3.27. The van der Waals surface area contributed by atoms with Crippen molar-refractivity contribution in [2.24, 2.45) is 0 Å². The number of aromatic nitrogens is 2. The zero-order chi connectivity index (χ0) is 38.1. The van der Waals surface area contributed by atoms with E-state index in [1.165, 1.54) is 4.57 Å². The van der Waals surface area contributed by atoms with E-state index in [0.29, 0.717) is 135 Å². The van der Waals surface area contributed by atoms with Crippen LogP contribution in [0.25, 0.3) is 10.9 Å². The van der Waals surface area contributed by atoms with E-state index in [1.807, 2.05) is 50.2 Å². The molecule has 54 heavy (non-hydrogen) atoms. The molecule has 1 N–H and O–H groups in total. The molecule has 2 amide bonds. The molecular weight excluding hydrogens is 692 g/mol. The van der Waals surface area contributed by atoms with Gasteiger partial charge in [0.2, 0.25) is 11.8 Å². The topological polar surface area (TPSA) is 137 Å². The maximum atomic E-state index is 13.9. The van der Waals surface area contributed by atoms with Crippen molar-refractivity contribution in [1.29, 1.82) is 0 Å². The number of hydrogen-bond acceptors (Lipinski definition) is 11. The number of aryl methyl sites for hydroxylation is 2. The summed E-state index contributed by atoms with van der Waals surface area (Å²) in [6, 6.07) is 13.1. The average Bonchev–Trinajstić information content (AvgIpc) is 3.18. The summed E-state index contributed by atoms with van der Waals surface area (Å²) >= 11 is 0. The van der Waals surface area contributed by atoms with Gasteiger partial charge in [-0.15, -0.1) is 0 Å². The number of morpholine rings is 1. The Labute approximate surface area is 318 Å². The van der Waals surface area contributed by atoms with Gasteiger partial charge in [0.05, 0.1) is 89.6 Å². The first-order valence-electron chi connectivity index (χ1n) is 19.4. The second-order valence-corrected chi connectivity index (χ2v) is 13.6. The Hall–Kier alpha value is -3.76. The molecule has 14 heteroatoms. The van der Waals surface area contributed by atoms with Crippen LogP contribution in [0.3, 0.4) is 0 Å². The quantitative estimate of drug-likeness (QED) is 0.346. The van der Waals surface area contributed by atoms with Gasteiger partial charge in [-0.2, -0.15) is 0 Å². The lowest BCUT2D eigenvalue weighted by Crippen LogP contribution is -2.47. The molecule has 1 aromatic heterocycles. The van der Waals surface area contributed by atoms with Crippen molar-refractivity contribution in [3.05, 3.63) is 69.8 Å². The van der Waals surface area contributed by atoms with Crippen LogP contribution in [0.4, 0.5) is 5.69 Å². The van der Waals surface area contributed by atoms with Crippen molar-refractivity contribution in [3.8, 4) is 0 Å². The Morgan fingerprint density at radius 3 is 1.98 bits per heavy atom. The molecule has 296 valence electrons. The highest BCUT2D eigenvalue weighted by molar-refractivity contribution is 5.95. The lowest BCUT2D eigenvalue weighted by Gasteiger charge is -2.30. The minimum Gasteiger partial charge on any atom is -0.378 e. The molecule has 1 unspecified atom stereocenters. The third-order valence-electron chi connectivity index (χ3n) is 9.97. The maximum absolute atomic E-state index is 13.9. The number of carbonyl (C=O) groups excluding carboxylic acids is 2. The molecule has 2 saturated heterocycles. The molecule has 0 radical (unpaired) electrons. The van der Waals surface area contributed by atoms with Crippen molar-refractivity contribution < 1.29 is 33.3 Å². The maximum Gasteiger partial charge on any atom is 0.261 e. The number of rotatable bonds is 9. The van der Waals surface area contributed by atoms with E-state index in [2.05, 4.69) is 22.0 Å². The molecule has 0 aliphatic carbocycles. The molecule has 2 aliphatic rings. The minimum absolute atomic E-state index is 0.0357. The number of ether oxygens (including phenoxy) is 5. The molecule has 5 rings (SSSR count). The van der Waals surface area contributed by atoms with E-state index >= 15 is 0 Å². The Kier molecular flexibility index (Phi) is 16.8. The number of hydrogen-bond donors (Lipinski definition) is 1. The Morgan fingerprint density at radius 1 is 0.759 bits per heavy atom. The van der Waals surface area contributed by atoms with Crippen LogP contribution in [0.2, 0.25) is 0 Å². The Morgan fingerprint density at radius 2 is 1.35 bits per heavy atom. The normalized spacial score (nSPS) is 18.8. The number of amides is 2. The zero-order valence-corrected chi connectivity index (χ0v) is 32.3. The molecule has 0 bridgehead atoms. The summed E-state index contributed by atoms with van der Waals surface area (Å²) < 4.78 is 30.9. The molecule has 2 aliphatic heterocycles. The molecule has 3 aromatic rings. The summed E-state index contributed by atoms with van der Waals surface area (Å²) in [5, 5.41) is 3.65. The monoisotopic (exact) mass is 750 g/mol. The fourth-order valence-electron chi connectivity index (χ4n) is 6.83. The van der Waals surface area contributed by atoms with Crippen LogP contribution in [0.1, 0.15) is 37.2 Å². The number of para-hydroxylation sites is 2. The standard InChI is InChI=1S/C40H58N6O8/c1-4-32-10-6-7-12-34(32)41-39(48)35(5-2)44-15-21-53-27-25-51-19-13-43(14-20-52-26-28-54-22-16-44)29-36-42-38-31(3)9-8-11-33(38)40(49)46(36)30-37(47)45-17-23-50-24-18-45/h6-12,35H,4-5,13-30H2,1-3H3,(H,41,48). The van der Waals surface area contributed by atoms with Gasteiger partial charge in [-0.25, -0.2) is 4.98 Å². The second kappa shape index (κ2) is 22.0. The van der Waals surface area contributed by atoms with Gasteiger partial charge in [0.1, 0.15) is 12.4 Å². The fourth-order valence-corrected chi connectivity index (χ4v) is 6.83. The van der Waals surface area contributed by atoms with Gasteiger partial charge >= 0.3 is 0 Å². The van der Waals surface area contributed by atoms with Crippen molar-refractivity contribution in [2.45, 2.75) is 52.7 Å². The third-order valence-corrected chi connectivity index (χ3v) is 9.97. The summed E-state index contributed by atoms with van der Waals surface area (Å²) in [6.45, 7) is 13.9. The number of fused-ring (bicyclic) bond motifs is 1. The number of nitrogens with one attached hydrogen (secondary N) is 1. The van der Waals surface area contributed by atoms with E-state index in [9.17, 15) is 14.4 Å².